The Morgan fingerprint density at radius 2 is 1.88 bits per heavy atom. The highest BCUT2D eigenvalue weighted by Crippen LogP contribution is 2.36. The lowest BCUT2D eigenvalue weighted by Gasteiger charge is -2.12. The zero-order chi connectivity index (χ0) is 22.3. The number of thiazole rings is 1. The number of hydrogen-bond acceptors (Lipinski definition) is 8. The van der Waals surface area contributed by atoms with E-state index in [1.54, 1.807) is 36.7 Å². The molecule has 0 aliphatic rings. The summed E-state index contributed by atoms with van der Waals surface area (Å²) in [6.45, 7) is -0.0568. The van der Waals surface area contributed by atoms with Gasteiger partial charge in [0, 0.05) is 18.9 Å². The molecule has 0 spiro atoms. The van der Waals surface area contributed by atoms with Gasteiger partial charge in [-0.25, -0.2) is 19.3 Å². The normalized spacial score (nSPS) is 11.7. The van der Waals surface area contributed by atoms with E-state index >= 15 is 0 Å². The fraction of sp³-hybridized carbons (Fsp3) is 0.0909. The van der Waals surface area contributed by atoms with E-state index in [1.165, 1.54) is 23.6 Å². The Morgan fingerprint density at radius 1 is 1.06 bits per heavy atom. The summed E-state index contributed by atoms with van der Waals surface area (Å²) in [4.78, 5) is 25.0. The topological polar surface area (TPSA) is 100 Å². The minimum absolute atomic E-state index is 0.0568. The van der Waals surface area contributed by atoms with Gasteiger partial charge in [0.1, 0.15) is 5.82 Å². The van der Waals surface area contributed by atoms with E-state index in [1.807, 2.05) is 24.3 Å². The third-order valence-electron chi connectivity index (χ3n) is 4.30. The summed E-state index contributed by atoms with van der Waals surface area (Å²) in [5.41, 5.74) is 0.331. The molecule has 1 unspecified atom stereocenters. The second-order valence-corrected chi connectivity index (χ2v) is 8.91. The number of nitrogens with one attached hydrogen (secondary N) is 2. The second-order valence-electron chi connectivity index (χ2n) is 6.53. The molecule has 0 saturated carbocycles. The fourth-order valence-corrected chi connectivity index (χ4v) is 4.62. The van der Waals surface area contributed by atoms with Crippen LogP contribution in [-0.4, -0.2) is 32.5 Å². The van der Waals surface area contributed by atoms with Gasteiger partial charge in [-0.3, -0.25) is 4.79 Å². The van der Waals surface area contributed by atoms with Crippen LogP contribution in [0.5, 0.6) is 0 Å². The Hall–Kier alpha value is -3.34. The van der Waals surface area contributed by atoms with Crippen molar-refractivity contribution in [3.63, 3.8) is 0 Å². The molecule has 0 aliphatic carbocycles. The molecule has 10 heteroatoms. The Labute approximate surface area is 191 Å². The van der Waals surface area contributed by atoms with Crippen LogP contribution in [0.25, 0.3) is 0 Å². The third kappa shape index (κ3) is 5.47. The lowest BCUT2D eigenvalue weighted by molar-refractivity contribution is 0.0906. The summed E-state index contributed by atoms with van der Waals surface area (Å²) >= 11 is 2.49. The van der Waals surface area contributed by atoms with Crippen LogP contribution in [-0.2, 0) is 0 Å². The van der Waals surface area contributed by atoms with Gasteiger partial charge in [-0.2, -0.15) is 0 Å². The minimum Gasteiger partial charge on any atom is -0.387 e. The maximum Gasteiger partial charge on any atom is 0.273 e. The molecule has 4 rings (SSSR count). The van der Waals surface area contributed by atoms with Crippen molar-refractivity contribution >= 4 is 40.0 Å². The van der Waals surface area contributed by atoms with Crippen molar-refractivity contribution in [2.24, 2.45) is 0 Å². The van der Waals surface area contributed by atoms with Crippen molar-refractivity contribution in [3.05, 3.63) is 90.3 Å². The lowest BCUT2D eigenvalue weighted by Crippen LogP contribution is -2.30. The van der Waals surface area contributed by atoms with E-state index in [-0.39, 0.29) is 17.1 Å². The van der Waals surface area contributed by atoms with E-state index in [2.05, 4.69) is 25.6 Å². The maximum atomic E-state index is 15.0. The number of nitrogens with zero attached hydrogens (tertiary/aromatic N) is 3. The van der Waals surface area contributed by atoms with Gasteiger partial charge in [-0.05, 0) is 23.8 Å². The molecule has 0 saturated heterocycles. The first-order valence-electron chi connectivity index (χ1n) is 9.57. The van der Waals surface area contributed by atoms with E-state index in [0.29, 0.717) is 16.5 Å². The van der Waals surface area contributed by atoms with Crippen LogP contribution in [0.15, 0.2) is 82.3 Å². The van der Waals surface area contributed by atoms with Gasteiger partial charge in [0.2, 0.25) is 0 Å². The molecule has 0 bridgehead atoms. The first-order valence-corrected chi connectivity index (χ1v) is 11.2. The van der Waals surface area contributed by atoms with Gasteiger partial charge in [0.25, 0.3) is 5.91 Å². The van der Waals surface area contributed by atoms with Crippen LogP contribution in [0.4, 0.5) is 15.3 Å². The highest BCUT2D eigenvalue weighted by molar-refractivity contribution is 8.01. The van der Waals surface area contributed by atoms with E-state index in [9.17, 15) is 14.3 Å². The number of rotatable bonds is 8. The van der Waals surface area contributed by atoms with E-state index < -0.39 is 17.8 Å². The highest BCUT2D eigenvalue weighted by Gasteiger charge is 2.19. The van der Waals surface area contributed by atoms with Crippen LogP contribution in [0.3, 0.4) is 0 Å². The van der Waals surface area contributed by atoms with Gasteiger partial charge in [-0.1, -0.05) is 59.5 Å². The van der Waals surface area contributed by atoms with Crippen molar-refractivity contribution in [2.45, 2.75) is 15.2 Å². The van der Waals surface area contributed by atoms with Crippen molar-refractivity contribution in [1.29, 1.82) is 0 Å². The molecular weight excluding hydrogens is 449 g/mol. The van der Waals surface area contributed by atoms with E-state index in [4.69, 9.17) is 0 Å². The maximum absolute atomic E-state index is 15.0. The molecule has 4 aromatic rings. The first kappa shape index (κ1) is 21.9. The number of carbonyl (C=O) groups excluding carboxylic acids is 1. The number of carbonyl (C=O) groups is 1. The molecule has 162 valence electrons. The summed E-state index contributed by atoms with van der Waals surface area (Å²) in [6.07, 6.45) is 3.77. The van der Waals surface area contributed by atoms with Crippen LogP contribution >= 0.6 is 23.1 Å². The summed E-state index contributed by atoms with van der Waals surface area (Å²) in [5.74, 6) is -0.760. The number of aromatic nitrogens is 3. The minimum atomic E-state index is -0.900. The van der Waals surface area contributed by atoms with Gasteiger partial charge < -0.3 is 15.7 Å². The highest BCUT2D eigenvalue weighted by atomic mass is 32.2. The molecule has 3 heterocycles. The first-order chi connectivity index (χ1) is 15.6. The van der Waals surface area contributed by atoms with Crippen LogP contribution in [0.1, 0.15) is 22.2 Å². The number of halogens is 1. The fourth-order valence-electron chi connectivity index (χ4n) is 2.75. The standard InChI is InChI=1S/C22H18FN5O2S2/c23-19-16(31-18-13-27-22(32-18)28-17-8-4-5-10-24-17)9-11-25-20(19)21(30)26-12-15(29)14-6-2-1-3-7-14/h1-11,13,15,29H,12H2,(H,26,30)(H,24,27,28). The SMILES string of the molecule is O=C(NCC(O)c1ccccc1)c1nccc(Sc2cnc(Nc3ccccn3)s2)c1F. The Morgan fingerprint density at radius 3 is 2.66 bits per heavy atom. The number of aliphatic hydroxyl groups is 1. The molecule has 0 radical (unpaired) electrons. The summed E-state index contributed by atoms with van der Waals surface area (Å²) < 4.78 is 15.7. The van der Waals surface area contributed by atoms with Gasteiger partial charge in [0.15, 0.2) is 16.6 Å². The Kier molecular flexibility index (Phi) is 7.05. The molecule has 1 atom stereocenters. The third-order valence-corrected chi connectivity index (χ3v) is 6.35. The summed E-state index contributed by atoms with van der Waals surface area (Å²) in [6, 6.07) is 15.9. The Bertz CT molecular complexity index is 1190. The molecular formula is C22H18FN5O2S2. The average molecular weight is 468 g/mol. The van der Waals surface area contributed by atoms with Gasteiger partial charge >= 0.3 is 0 Å². The van der Waals surface area contributed by atoms with Gasteiger partial charge in [0.05, 0.1) is 21.4 Å². The van der Waals surface area contributed by atoms with Crippen LogP contribution in [0, 0.1) is 5.82 Å². The smallest absolute Gasteiger partial charge is 0.273 e. The van der Waals surface area contributed by atoms with Crippen molar-refractivity contribution in [1.82, 2.24) is 20.3 Å². The van der Waals surface area contributed by atoms with Crippen molar-refractivity contribution in [3.8, 4) is 0 Å². The van der Waals surface area contributed by atoms with Crippen LogP contribution < -0.4 is 10.6 Å². The molecule has 1 amide bonds. The number of anilines is 2. The quantitative estimate of drug-likeness (QED) is 0.352. The van der Waals surface area contributed by atoms with Gasteiger partial charge in [-0.15, -0.1) is 0 Å². The number of aliphatic hydroxyl groups excluding tert-OH is 1. The average Bonchev–Trinajstić information content (AvgIpc) is 3.26. The summed E-state index contributed by atoms with van der Waals surface area (Å²) in [5, 5.41) is 16.4. The molecule has 0 aliphatic heterocycles. The predicted molar refractivity (Wildman–Crippen MR) is 122 cm³/mol. The number of hydrogen-bond donors (Lipinski definition) is 3. The Balaban J connectivity index is 1.40. The zero-order valence-corrected chi connectivity index (χ0v) is 18.2. The van der Waals surface area contributed by atoms with Crippen molar-refractivity contribution in [2.75, 3.05) is 11.9 Å². The van der Waals surface area contributed by atoms with E-state index in [0.717, 1.165) is 16.0 Å². The van der Waals surface area contributed by atoms with Crippen LogP contribution in [0.2, 0.25) is 0 Å². The summed E-state index contributed by atoms with van der Waals surface area (Å²) in [7, 11) is 0. The second kappa shape index (κ2) is 10.3. The lowest BCUT2D eigenvalue weighted by atomic mass is 10.1. The molecule has 7 nitrogen and oxygen atoms in total. The molecule has 3 aromatic heterocycles. The predicted octanol–water partition coefficient (Wildman–Crippen LogP) is 4.43. The molecule has 1 aromatic carbocycles. The monoisotopic (exact) mass is 467 g/mol. The molecule has 0 fully saturated rings. The number of pyridine rings is 2. The number of amides is 1. The molecule has 3 N–H and O–H groups in total. The number of benzene rings is 1. The molecule has 32 heavy (non-hydrogen) atoms. The zero-order valence-electron chi connectivity index (χ0n) is 16.6. The largest absolute Gasteiger partial charge is 0.387 e. The van der Waals surface area contributed by atoms with Crippen molar-refractivity contribution < 1.29 is 14.3 Å².